The van der Waals surface area contributed by atoms with Crippen molar-refractivity contribution in [3.63, 3.8) is 0 Å². The Bertz CT molecular complexity index is 411. The van der Waals surface area contributed by atoms with Crippen molar-refractivity contribution in [1.29, 1.82) is 0 Å². The van der Waals surface area contributed by atoms with Crippen LogP contribution in [0.4, 0.5) is 0 Å². The SMILES string of the molecule is CC(C)c1noc(CN2CCCC2C2CCCN2)n1. The lowest BCUT2D eigenvalue weighted by atomic mass is 10.0. The largest absolute Gasteiger partial charge is 0.338 e. The minimum Gasteiger partial charge on any atom is -0.338 e. The molecule has 106 valence electrons. The molecule has 19 heavy (non-hydrogen) atoms. The maximum absolute atomic E-state index is 5.38. The number of rotatable bonds is 4. The number of hydrogen-bond acceptors (Lipinski definition) is 5. The van der Waals surface area contributed by atoms with Crippen molar-refractivity contribution in [3.05, 3.63) is 11.7 Å². The second-order valence-electron chi connectivity index (χ2n) is 6.08. The molecule has 0 aliphatic carbocycles. The molecule has 0 aromatic carbocycles. The maximum Gasteiger partial charge on any atom is 0.240 e. The van der Waals surface area contributed by atoms with Crippen molar-refractivity contribution in [2.45, 2.75) is 64.1 Å². The Morgan fingerprint density at radius 1 is 1.37 bits per heavy atom. The summed E-state index contributed by atoms with van der Waals surface area (Å²) in [6, 6.07) is 1.31. The number of nitrogens with one attached hydrogen (secondary N) is 1. The Balaban J connectivity index is 1.64. The van der Waals surface area contributed by atoms with E-state index < -0.39 is 0 Å². The molecule has 2 atom stereocenters. The van der Waals surface area contributed by atoms with Crippen LogP contribution in [0.25, 0.3) is 0 Å². The summed E-state index contributed by atoms with van der Waals surface area (Å²) in [5, 5.41) is 7.68. The third-order valence-electron chi connectivity index (χ3n) is 4.32. The van der Waals surface area contributed by atoms with Crippen LogP contribution in [0, 0.1) is 0 Å². The molecule has 1 aromatic heterocycles. The van der Waals surface area contributed by atoms with Crippen LogP contribution in [-0.2, 0) is 6.54 Å². The minimum atomic E-state index is 0.336. The highest BCUT2D eigenvalue weighted by atomic mass is 16.5. The van der Waals surface area contributed by atoms with E-state index in [2.05, 4.69) is 34.2 Å². The van der Waals surface area contributed by atoms with E-state index >= 15 is 0 Å². The molecule has 3 heterocycles. The van der Waals surface area contributed by atoms with E-state index in [9.17, 15) is 0 Å². The second kappa shape index (κ2) is 5.59. The second-order valence-corrected chi connectivity index (χ2v) is 6.08. The number of hydrogen-bond donors (Lipinski definition) is 1. The van der Waals surface area contributed by atoms with E-state index in [1.165, 1.54) is 32.2 Å². The average Bonchev–Trinajstić information content (AvgIpc) is 3.09. The molecule has 2 unspecified atom stereocenters. The summed E-state index contributed by atoms with van der Waals surface area (Å²) in [4.78, 5) is 7.01. The van der Waals surface area contributed by atoms with Crippen molar-refractivity contribution < 1.29 is 4.52 Å². The summed E-state index contributed by atoms with van der Waals surface area (Å²) in [5.74, 6) is 1.93. The molecule has 1 N–H and O–H groups in total. The van der Waals surface area contributed by atoms with E-state index in [1.807, 2.05) is 0 Å². The summed E-state index contributed by atoms with van der Waals surface area (Å²) < 4.78 is 5.38. The van der Waals surface area contributed by atoms with Crippen LogP contribution >= 0.6 is 0 Å². The van der Waals surface area contributed by atoms with Gasteiger partial charge in [0.25, 0.3) is 0 Å². The van der Waals surface area contributed by atoms with Gasteiger partial charge in [0.1, 0.15) is 0 Å². The normalized spacial score (nSPS) is 28.6. The van der Waals surface area contributed by atoms with E-state index in [4.69, 9.17) is 4.52 Å². The smallest absolute Gasteiger partial charge is 0.240 e. The maximum atomic E-state index is 5.38. The molecule has 5 nitrogen and oxygen atoms in total. The van der Waals surface area contributed by atoms with Crippen molar-refractivity contribution in [2.24, 2.45) is 0 Å². The van der Waals surface area contributed by atoms with Crippen LogP contribution in [0.3, 0.4) is 0 Å². The average molecular weight is 264 g/mol. The van der Waals surface area contributed by atoms with Crippen LogP contribution in [0.15, 0.2) is 4.52 Å². The zero-order valence-corrected chi connectivity index (χ0v) is 11.9. The number of likely N-dealkylation sites (tertiary alicyclic amines) is 1. The zero-order valence-electron chi connectivity index (χ0n) is 11.9. The topological polar surface area (TPSA) is 54.2 Å². The molecule has 0 bridgehead atoms. The van der Waals surface area contributed by atoms with Crippen molar-refractivity contribution in [2.75, 3.05) is 13.1 Å². The highest BCUT2D eigenvalue weighted by Gasteiger charge is 2.33. The predicted molar refractivity (Wildman–Crippen MR) is 72.8 cm³/mol. The molecule has 2 aliphatic rings. The first-order valence-corrected chi connectivity index (χ1v) is 7.54. The first-order chi connectivity index (χ1) is 9.24. The molecule has 0 saturated carbocycles. The van der Waals surface area contributed by atoms with Gasteiger partial charge in [-0.1, -0.05) is 19.0 Å². The molecular formula is C14H24N4O. The van der Waals surface area contributed by atoms with E-state index in [-0.39, 0.29) is 0 Å². The number of aromatic nitrogens is 2. The summed E-state index contributed by atoms with van der Waals surface area (Å²) >= 11 is 0. The Hall–Kier alpha value is -0.940. The third-order valence-corrected chi connectivity index (χ3v) is 4.32. The molecule has 2 fully saturated rings. The summed E-state index contributed by atoms with van der Waals surface area (Å²) in [5.41, 5.74) is 0. The Morgan fingerprint density at radius 2 is 2.26 bits per heavy atom. The van der Waals surface area contributed by atoms with E-state index in [0.717, 1.165) is 24.8 Å². The molecule has 3 rings (SSSR count). The lowest BCUT2D eigenvalue weighted by molar-refractivity contribution is 0.182. The van der Waals surface area contributed by atoms with E-state index in [1.54, 1.807) is 0 Å². The highest BCUT2D eigenvalue weighted by molar-refractivity contribution is 4.96. The monoisotopic (exact) mass is 264 g/mol. The molecule has 1 aromatic rings. The van der Waals surface area contributed by atoms with Crippen LogP contribution in [0.5, 0.6) is 0 Å². The molecule has 0 spiro atoms. The lowest BCUT2D eigenvalue weighted by Gasteiger charge is -2.28. The lowest BCUT2D eigenvalue weighted by Crippen LogP contribution is -2.43. The van der Waals surface area contributed by atoms with Gasteiger partial charge in [0.15, 0.2) is 5.82 Å². The van der Waals surface area contributed by atoms with Crippen LogP contribution in [-0.4, -0.2) is 40.2 Å². The third kappa shape index (κ3) is 2.82. The first kappa shape index (κ1) is 13.1. The molecular weight excluding hydrogens is 240 g/mol. The Labute approximate surface area is 114 Å². The van der Waals surface area contributed by atoms with Gasteiger partial charge in [0.05, 0.1) is 6.54 Å². The molecule has 0 amide bonds. The van der Waals surface area contributed by atoms with Gasteiger partial charge in [0.2, 0.25) is 5.89 Å². The van der Waals surface area contributed by atoms with Gasteiger partial charge >= 0.3 is 0 Å². The van der Waals surface area contributed by atoms with Crippen LogP contribution in [0.2, 0.25) is 0 Å². The quantitative estimate of drug-likeness (QED) is 0.900. The fourth-order valence-electron chi connectivity index (χ4n) is 3.28. The molecule has 2 saturated heterocycles. The van der Waals surface area contributed by atoms with Gasteiger partial charge in [-0.3, -0.25) is 4.90 Å². The molecule has 0 radical (unpaired) electrons. The summed E-state index contributed by atoms with van der Waals surface area (Å²) in [6.45, 7) is 7.32. The summed E-state index contributed by atoms with van der Waals surface area (Å²) in [7, 11) is 0. The highest BCUT2D eigenvalue weighted by Crippen LogP contribution is 2.26. The fourth-order valence-corrected chi connectivity index (χ4v) is 3.28. The van der Waals surface area contributed by atoms with Gasteiger partial charge in [-0.25, -0.2) is 0 Å². The predicted octanol–water partition coefficient (Wildman–Crippen LogP) is 1.91. The van der Waals surface area contributed by atoms with E-state index in [0.29, 0.717) is 18.0 Å². The first-order valence-electron chi connectivity index (χ1n) is 7.54. The standard InChI is InChI=1S/C14H24N4O/c1-10(2)14-16-13(19-17-14)9-18-8-4-6-12(18)11-5-3-7-15-11/h10-12,15H,3-9H2,1-2H3. The van der Waals surface area contributed by atoms with Crippen LogP contribution in [0.1, 0.15) is 57.2 Å². The van der Waals surface area contributed by atoms with Crippen molar-refractivity contribution >= 4 is 0 Å². The number of nitrogens with zero attached hydrogens (tertiary/aromatic N) is 3. The van der Waals surface area contributed by atoms with Gasteiger partial charge in [-0.05, 0) is 38.8 Å². The van der Waals surface area contributed by atoms with Gasteiger partial charge < -0.3 is 9.84 Å². The zero-order chi connectivity index (χ0) is 13.2. The summed E-state index contributed by atoms with van der Waals surface area (Å²) in [6.07, 6.45) is 5.20. The Morgan fingerprint density at radius 3 is 2.95 bits per heavy atom. The van der Waals surface area contributed by atoms with Gasteiger partial charge in [0, 0.05) is 18.0 Å². The fraction of sp³-hybridized carbons (Fsp3) is 0.857. The molecule has 5 heteroatoms. The Kier molecular flexibility index (Phi) is 3.84. The van der Waals surface area contributed by atoms with Gasteiger partial charge in [-0.2, -0.15) is 4.98 Å². The molecule has 2 aliphatic heterocycles. The van der Waals surface area contributed by atoms with Crippen molar-refractivity contribution in [1.82, 2.24) is 20.4 Å². The van der Waals surface area contributed by atoms with Crippen LogP contribution < -0.4 is 5.32 Å². The van der Waals surface area contributed by atoms with Crippen molar-refractivity contribution in [3.8, 4) is 0 Å². The van der Waals surface area contributed by atoms with Gasteiger partial charge in [-0.15, -0.1) is 0 Å². The minimum absolute atomic E-state index is 0.336.